The molecule has 1 saturated carbocycles. The molecule has 6 aromatic rings. The highest BCUT2D eigenvalue weighted by Gasteiger charge is 2.39. The summed E-state index contributed by atoms with van der Waals surface area (Å²) in [6.45, 7) is -0.192. The maximum atomic E-state index is 14.5. The average Bonchev–Trinajstić information content (AvgIpc) is 4.01. The van der Waals surface area contributed by atoms with Crippen LogP contribution in [-0.2, 0) is 37.2 Å². The van der Waals surface area contributed by atoms with Crippen LogP contribution in [0.3, 0.4) is 0 Å². The molecule has 0 radical (unpaired) electrons. The summed E-state index contributed by atoms with van der Waals surface area (Å²) < 4.78 is 56.6. The van der Waals surface area contributed by atoms with E-state index in [1.165, 1.54) is 26.2 Å². The van der Waals surface area contributed by atoms with Crippen LogP contribution >= 0.6 is 15.9 Å². The zero-order valence-corrected chi connectivity index (χ0v) is 32.4. The van der Waals surface area contributed by atoms with Crippen molar-refractivity contribution in [2.45, 2.75) is 57.4 Å². The fourth-order valence-electron chi connectivity index (χ4n) is 6.96. The van der Waals surface area contributed by atoms with E-state index in [4.69, 9.17) is 9.47 Å². The molecule has 58 heavy (non-hydrogen) atoms. The van der Waals surface area contributed by atoms with Crippen molar-refractivity contribution in [3.05, 3.63) is 164 Å². The summed E-state index contributed by atoms with van der Waals surface area (Å²) in [5.41, 5.74) is 1.11. The van der Waals surface area contributed by atoms with Crippen LogP contribution in [0.25, 0.3) is 17.1 Å². The minimum absolute atomic E-state index is 0.0254. The van der Waals surface area contributed by atoms with E-state index in [1.54, 1.807) is 42.7 Å². The second kappa shape index (κ2) is 16.4. The van der Waals surface area contributed by atoms with E-state index in [0.29, 0.717) is 28.4 Å². The Labute approximate surface area is 339 Å². The van der Waals surface area contributed by atoms with Crippen molar-refractivity contribution in [3.63, 3.8) is 0 Å². The number of alkyl halides is 3. The van der Waals surface area contributed by atoms with Gasteiger partial charge in [-0.05, 0) is 72.5 Å². The first kappa shape index (κ1) is 38.8. The van der Waals surface area contributed by atoms with Crippen LogP contribution < -0.4 is 15.7 Å². The number of carbonyl (C=O) groups is 2. The minimum atomic E-state index is -4.73. The monoisotopic (exact) mass is 852 g/mol. The van der Waals surface area contributed by atoms with Gasteiger partial charge in [0.2, 0.25) is 0 Å². The lowest BCUT2D eigenvalue weighted by Crippen LogP contribution is -2.50. The zero-order valence-electron chi connectivity index (χ0n) is 30.9. The summed E-state index contributed by atoms with van der Waals surface area (Å²) in [7, 11) is 0. The van der Waals surface area contributed by atoms with Crippen molar-refractivity contribution in [1.29, 1.82) is 0 Å². The molecule has 296 valence electrons. The molecule has 4 aromatic carbocycles. The minimum Gasteiger partial charge on any atom is -0.490 e. The quantitative estimate of drug-likeness (QED) is 0.135. The number of fused-ring (bicyclic) bond motifs is 1. The molecule has 2 amide bonds. The number of nitrogens with one attached hydrogen (secondary N) is 1. The van der Waals surface area contributed by atoms with E-state index < -0.39 is 35.3 Å². The van der Waals surface area contributed by atoms with E-state index >= 15 is 0 Å². The maximum absolute atomic E-state index is 14.5. The van der Waals surface area contributed by atoms with Gasteiger partial charge in [-0.15, -0.1) is 0 Å². The summed E-state index contributed by atoms with van der Waals surface area (Å²) in [5, 5.41) is 2.96. The van der Waals surface area contributed by atoms with Gasteiger partial charge in [0.25, 0.3) is 11.8 Å². The number of halogens is 4. The SMILES string of the molecule is O=C(NCc1ccccc1-c1ncccn1)c1c2n(c(=O)n1-c1ccc(OC3CC3)cc1)CC(COCc1ccccc1)N(C(=O)c1ccc(Br)c(C(F)(F)F)c1)C2. The Morgan fingerprint density at radius 3 is 2.34 bits per heavy atom. The number of hydrogen-bond donors (Lipinski definition) is 1. The molecule has 3 heterocycles. The molecule has 15 heteroatoms. The molecule has 2 aliphatic rings. The number of aromatic nitrogens is 4. The van der Waals surface area contributed by atoms with Gasteiger partial charge >= 0.3 is 11.9 Å². The predicted octanol–water partition coefficient (Wildman–Crippen LogP) is 7.59. The molecule has 1 fully saturated rings. The molecular weight excluding hydrogens is 817 g/mol. The number of nitrogens with zero attached hydrogens (tertiary/aromatic N) is 5. The Hall–Kier alpha value is -6.06. The fraction of sp³-hybridized carbons (Fsp3) is 0.233. The van der Waals surface area contributed by atoms with Crippen molar-refractivity contribution in [2.24, 2.45) is 0 Å². The third-order valence-electron chi connectivity index (χ3n) is 10.0. The molecule has 2 aromatic heterocycles. The third-order valence-corrected chi connectivity index (χ3v) is 10.7. The van der Waals surface area contributed by atoms with Gasteiger partial charge in [0.15, 0.2) is 5.82 Å². The summed E-state index contributed by atoms with van der Waals surface area (Å²) in [6.07, 6.45) is 0.568. The van der Waals surface area contributed by atoms with E-state index in [-0.39, 0.29) is 60.4 Å². The molecule has 1 aliphatic carbocycles. The second-order valence-electron chi connectivity index (χ2n) is 14.0. The number of benzene rings is 4. The van der Waals surface area contributed by atoms with E-state index in [0.717, 1.165) is 24.5 Å². The van der Waals surface area contributed by atoms with Crippen molar-refractivity contribution in [2.75, 3.05) is 6.61 Å². The lowest BCUT2D eigenvalue weighted by atomic mass is 10.1. The largest absolute Gasteiger partial charge is 0.490 e. The molecule has 1 N–H and O–H groups in total. The molecule has 0 bridgehead atoms. The van der Waals surface area contributed by atoms with Crippen LogP contribution in [-0.4, -0.2) is 54.6 Å². The molecular formula is C43H36BrF3N6O5. The summed E-state index contributed by atoms with van der Waals surface area (Å²) in [5.74, 6) is -0.242. The van der Waals surface area contributed by atoms with Gasteiger partial charge in [-0.3, -0.25) is 18.7 Å². The summed E-state index contributed by atoms with van der Waals surface area (Å²) in [6, 6.07) is 27.7. The summed E-state index contributed by atoms with van der Waals surface area (Å²) in [4.78, 5) is 53.5. The van der Waals surface area contributed by atoms with Gasteiger partial charge in [-0.1, -0.05) is 70.5 Å². The number of rotatable bonds is 12. The Morgan fingerprint density at radius 1 is 0.897 bits per heavy atom. The van der Waals surface area contributed by atoms with Crippen LogP contribution in [0.1, 0.15) is 56.1 Å². The van der Waals surface area contributed by atoms with Gasteiger partial charge in [0.05, 0.1) is 55.4 Å². The Bertz CT molecular complexity index is 2510. The maximum Gasteiger partial charge on any atom is 0.417 e. The van der Waals surface area contributed by atoms with Crippen molar-refractivity contribution in [1.82, 2.24) is 29.3 Å². The van der Waals surface area contributed by atoms with Crippen LogP contribution in [0.4, 0.5) is 13.2 Å². The average molecular weight is 854 g/mol. The van der Waals surface area contributed by atoms with Gasteiger partial charge < -0.3 is 19.7 Å². The topological polar surface area (TPSA) is 121 Å². The fourth-order valence-corrected chi connectivity index (χ4v) is 7.43. The second-order valence-corrected chi connectivity index (χ2v) is 14.9. The van der Waals surface area contributed by atoms with E-state index in [1.807, 2.05) is 54.6 Å². The predicted molar refractivity (Wildman–Crippen MR) is 211 cm³/mol. The number of imidazole rings is 1. The number of carbonyl (C=O) groups excluding carboxylic acids is 2. The van der Waals surface area contributed by atoms with Crippen molar-refractivity contribution < 1.29 is 32.2 Å². The van der Waals surface area contributed by atoms with Crippen molar-refractivity contribution >= 4 is 27.7 Å². The third kappa shape index (κ3) is 8.31. The highest BCUT2D eigenvalue weighted by Crippen LogP contribution is 2.36. The van der Waals surface area contributed by atoms with Crippen LogP contribution in [0.5, 0.6) is 5.75 Å². The van der Waals surface area contributed by atoms with Gasteiger partial charge in [-0.25, -0.2) is 14.8 Å². The highest BCUT2D eigenvalue weighted by atomic mass is 79.9. The molecule has 1 atom stereocenters. The Kier molecular flexibility index (Phi) is 11.0. The highest BCUT2D eigenvalue weighted by molar-refractivity contribution is 9.10. The first-order chi connectivity index (χ1) is 28.0. The number of hydrogen-bond acceptors (Lipinski definition) is 7. The van der Waals surface area contributed by atoms with Gasteiger partial charge in [-0.2, -0.15) is 13.2 Å². The van der Waals surface area contributed by atoms with E-state index in [2.05, 4.69) is 31.2 Å². The standard InChI is InChI=1S/C43H36BrF3N6O5/c44-36-18-11-28(21-35(36)43(45,46)47)41(55)51-24-37-38(40(54)50-22-29-9-4-5-10-34(29)39-48-19-6-20-49-39)53(30-12-14-32(15-13-30)58-33-16-17-33)42(56)52(37)23-31(51)26-57-25-27-7-2-1-3-8-27/h1-15,18-21,31,33H,16-17,22-26H2,(H,50,54). The van der Waals surface area contributed by atoms with Crippen LogP contribution in [0.15, 0.2) is 125 Å². The van der Waals surface area contributed by atoms with Gasteiger partial charge in [0.1, 0.15) is 11.4 Å². The Morgan fingerprint density at radius 2 is 1.62 bits per heavy atom. The molecule has 11 nitrogen and oxygen atoms in total. The molecule has 1 aliphatic heterocycles. The first-order valence-electron chi connectivity index (χ1n) is 18.6. The van der Waals surface area contributed by atoms with Gasteiger partial charge in [0, 0.05) is 34.5 Å². The van der Waals surface area contributed by atoms with Crippen LogP contribution in [0, 0.1) is 0 Å². The molecule has 0 saturated heterocycles. The molecule has 1 unspecified atom stereocenters. The summed E-state index contributed by atoms with van der Waals surface area (Å²) >= 11 is 2.96. The van der Waals surface area contributed by atoms with Crippen molar-refractivity contribution in [3.8, 4) is 22.8 Å². The lowest BCUT2D eigenvalue weighted by Gasteiger charge is -2.36. The number of ether oxygens (including phenoxy) is 2. The molecule has 0 spiro atoms. The first-order valence-corrected chi connectivity index (χ1v) is 19.4. The van der Waals surface area contributed by atoms with E-state index in [9.17, 15) is 27.6 Å². The molecule has 8 rings (SSSR count). The smallest absolute Gasteiger partial charge is 0.417 e. The zero-order chi connectivity index (χ0) is 40.4. The Balaban J connectivity index is 1.18. The lowest BCUT2D eigenvalue weighted by molar-refractivity contribution is -0.138. The van der Waals surface area contributed by atoms with Crippen LogP contribution in [0.2, 0.25) is 0 Å². The number of amides is 2. The normalized spacial score (nSPS) is 15.2.